The Morgan fingerprint density at radius 1 is 1.20 bits per heavy atom. The van der Waals surface area contributed by atoms with Gasteiger partial charge < -0.3 is 9.80 Å². The standard InChI is InChI=1S/C21H26N4/c1-6-20(4)19-24(5)18-17(13-22-14-23-18)25(19)16-12-10-9-11-15(16)21(20,7-2)8-3/h7,9-14,19H,2,6,8H2,1,3-5H3. The zero-order valence-electron chi connectivity index (χ0n) is 15.5. The van der Waals surface area contributed by atoms with E-state index in [-0.39, 0.29) is 17.0 Å². The lowest BCUT2D eigenvalue weighted by molar-refractivity contribution is 0.117. The van der Waals surface area contributed by atoms with Crippen molar-refractivity contribution in [2.75, 3.05) is 16.8 Å². The van der Waals surface area contributed by atoms with Crippen LogP contribution in [-0.2, 0) is 5.41 Å². The number of rotatable bonds is 3. The van der Waals surface area contributed by atoms with E-state index in [4.69, 9.17) is 0 Å². The van der Waals surface area contributed by atoms with Crippen LogP contribution in [0.15, 0.2) is 49.4 Å². The molecule has 3 atom stereocenters. The summed E-state index contributed by atoms with van der Waals surface area (Å²) in [4.78, 5) is 13.6. The first-order valence-corrected chi connectivity index (χ1v) is 9.11. The average molecular weight is 334 g/mol. The van der Waals surface area contributed by atoms with E-state index >= 15 is 0 Å². The molecular formula is C21H26N4. The summed E-state index contributed by atoms with van der Waals surface area (Å²) in [6, 6.07) is 8.76. The smallest absolute Gasteiger partial charge is 0.157 e. The van der Waals surface area contributed by atoms with Gasteiger partial charge in [0.05, 0.1) is 6.20 Å². The van der Waals surface area contributed by atoms with Crippen molar-refractivity contribution in [3.05, 3.63) is 55.0 Å². The molecular weight excluding hydrogens is 308 g/mol. The van der Waals surface area contributed by atoms with Crippen LogP contribution in [0.3, 0.4) is 0 Å². The molecule has 2 aliphatic rings. The maximum absolute atomic E-state index is 4.58. The molecule has 0 spiro atoms. The van der Waals surface area contributed by atoms with Gasteiger partial charge in [0.2, 0.25) is 0 Å². The number of hydrogen-bond acceptors (Lipinski definition) is 4. The van der Waals surface area contributed by atoms with Gasteiger partial charge in [-0.05, 0) is 24.5 Å². The Hall–Kier alpha value is -2.36. The van der Waals surface area contributed by atoms with Gasteiger partial charge >= 0.3 is 0 Å². The van der Waals surface area contributed by atoms with Crippen molar-refractivity contribution in [2.45, 2.75) is 45.2 Å². The molecule has 1 aromatic carbocycles. The third kappa shape index (κ3) is 1.72. The molecule has 130 valence electrons. The van der Waals surface area contributed by atoms with Gasteiger partial charge in [0.1, 0.15) is 18.2 Å². The van der Waals surface area contributed by atoms with Crippen LogP contribution in [0.1, 0.15) is 39.2 Å². The molecule has 0 radical (unpaired) electrons. The second-order valence-corrected chi connectivity index (χ2v) is 7.40. The quantitative estimate of drug-likeness (QED) is 0.765. The summed E-state index contributed by atoms with van der Waals surface area (Å²) in [6.07, 6.45) is 8.04. The van der Waals surface area contributed by atoms with E-state index in [0.717, 1.165) is 24.3 Å². The zero-order chi connectivity index (χ0) is 17.8. The van der Waals surface area contributed by atoms with Crippen molar-refractivity contribution >= 4 is 17.2 Å². The van der Waals surface area contributed by atoms with Gasteiger partial charge in [0.25, 0.3) is 0 Å². The predicted octanol–water partition coefficient (Wildman–Crippen LogP) is 4.65. The molecule has 0 bridgehead atoms. The molecule has 2 aliphatic heterocycles. The van der Waals surface area contributed by atoms with E-state index < -0.39 is 0 Å². The highest BCUT2D eigenvalue weighted by atomic mass is 15.5. The molecule has 2 aromatic rings. The van der Waals surface area contributed by atoms with E-state index in [1.165, 1.54) is 11.3 Å². The summed E-state index contributed by atoms with van der Waals surface area (Å²) >= 11 is 0. The Morgan fingerprint density at radius 2 is 1.96 bits per heavy atom. The van der Waals surface area contributed by atoms with Crippen molar-refractivity contribution in [3.63, 3.8) is 0 Å². The number of allylic oxidation sites excluding steroid dienone is 1. The lowest BCUT2D eigenvalue weighted by Gasteiger charge is -2.58. The summed E-state index contributed by atoms with van der Waals surface area (Å²) in [6.45, 7) is 11.3. The minimum absolute atomic E-state index is 0.00664. The van der Waals surface area contributed by atoms with Crippen LogP contribution in [0.25, 0.3) is 0 Å². The molecule has 3 heterocycles. The second kappa shape index (κ2) is 5.32. The van der Waals surface area contributed by atoms with Crippen LogP contribution in [0, 0.1) is 5.41 Å². The van der Waals surface area contributed by atoms with Gasteiger partial charge in [0.15, 0.2) is 5.82 Å². The third-order valence-corrected chi connectivity index (χ3v) is 6.75. The molecule has 0 N–H and O–H groups in total. The maximum atomic E-state index is 4.58. The number of hydrogen-bond donors (Lipinski definition) is 0. The Morgan fingerprint density at radius 3 is 2.64 bits per heavy atom. The van der Waals surface area contributed by atoms with Crippen LogP contribution >= 0.6 is 0 Å². The molecule has 0 aliphatic carbocycles. The first-order valence-electron chi connectivity index (χ1n) is 9.11. The summed E-state index contributed by atoms with van der Waals surface area (Å²) in [5.74, 6) is 1.01. The molecule has 4 nitrogen and oxygen atoms in total. The summed E-state index contributed by atoms with van der Waals surface area (Å²) in [7, 11) is 2.15. The van der Waals surface area contributed by atoms with Crippen molar-refractivity contribution in [1.82, 2.24) is 9.97 Å². The first kappa shape index (κ1) is 16.1. The van der Waals surface area contributed by atoms with E-state index in [0.29, 0.717) is 0 Å². The van der Waals surface area contributed by atoms with Crippen molar-refractivity contribution in [3.8, 4) is 0 Å². The third-order valence-electron chi connectivity index (χ3n) is 6.75. The van der Waals surface area contributed by atoms with Gasteiger partial charge in [0, 0.05) is 23.6 Å². The molecule has 0 amide bonds. The lowest BCUT2D eigenvalue weighted by Crippen LogP contribution is -2.62. The average Bonchev–Trinajstić information content (AvgIpc) is 2.97. The number of fused-ring (bicyclic) bond motifs is 5. The Balaban J connectivity index is 2.09. The fraction of sp³-hybridized carbons (Fsp3) is 0.429. The fourth-order valence-corrected chi connectivity index (χ4v) is 5.33. The minimum atomic E-state index is -0.0801. The maximum Gasteiger partial charge on any atom is 0.157 e. The molecule has 0 fully saturated rings. The Bertz CT molecular complexity index is 832. The van der Waals surface area contributed by atoms with Crippen LogP contribution in [0.2, 0.25) is 0 Å². The molecule has 25 heavy (non-hydrogen) atoms. The summed E-state index contributed by atoms with van der Waals surface area (Å²) in [5.41, 5.74) is 3.62. The highest BCUT2D eigenvalue weighted by Crippen LogP contribution is 2.62. The van der Waals surface area contributed by atoms with Crippen LogP contribution in [0.5, 0.6) is 0 Å². The number of para-hydroxylation sites is 1. The number of anilines is 3. The van der Waals surface area contributed by atoms with Gasteiger partial charge in [-0.2, -0.15) is 0 Å². The summed E-state index contributed by atoms with van der Waals surface area (Å²) in [5, 5.41) is 0. The lowest BCUT2D eigenvalue weighted by atomic mass is 9.54. The van der Waals surface area contributed by atoms with E-state index in [9.17, 15) is 0 Å². The number of nitrogens with zero attached hydrogens (tertiary/aromatic N) is 4. The van der Waals surface area contributed by atoms with Crippen molar-refractivity contribution in [2.24, 2.45) is 5.41 Å². The summed E-state index contributed by atoms with van der Waals surface area (Å²) < 4.78 is 0. The molecule has 0 saturated heterocycles. The van der Waals surface area contributed by atoms with Crippen LogP contribution in [-0.4, -0.2) is 23.2 Å². The highest BCUT2D eigenvalue weighted by Gasteiger charge is 2.60. The predicted molar refractivity (Wildman–Crippen MR) is 103 cm³/mol. The molecule has 0 saturated carbocycles. The monoisotopic (exact) mass is 334 g/mol. The molecule has 1 aromatic heterocycles. The highest BCUT2D eigenvalue weighted by molar-refractivity contribution is 5.84. The van der Waals surface area contributed by atoms with Crippen LogP contribution in [0.4, 0.5) is 17.2 Å². The largest absolute Gasteiger partial charge is 0.337 e. The minimum Gasteiger partial charge on any atom is -0.337 e. The number of aromatic nitrogens is 2. The van der Waals surface area contributed by atoms with E-state index in [1.807, 2.05) is 6.20 Å². The zero-order valence-corrected chi connectivity index (χ0v) is 15.5. The van der Waals surface area contributed by atoms with Gasteiger partial charge in [-0.3, -0.25) is 0 Å². The Kier molecular flexibility index (Phi) is 3.43. The second-order valence-electron chi connectivity index (χ2n) is 7.40. The number of benzene rings is 1. The van der Waals surface area contributed by atoms with E-state index in [1.54, 1.807) is 6.33 Å². The normalized spacial score (nSPS) is 29.8. The van der Waals surface area contributed by atoms with Crippen LogP contribution < -0.4 is 9.80 Å². The van der Waals surface area contributed by atoms with Crippen molar-refractivity contribution < 1.29 is 0 Å². The van der Waals surface area contributed by atoms with Gasteiger partial charge in [-0.15, -0.1) is 6.58 Å². The van der Waals surface area contributed by atoms with Gasteiger partial charge in [-0.25, -0.2) is 9.97 Å². The van der Waals surface area contributed by atoms with Gasteiger partial charge in [-0.1, -0.05) is 45.0 Å². The van der Waals surface area contributed by atoms with E-state index in [2.05, 4.69) is 84.5 Å². The molecule has 4 rings (SSSR count). The molecule has 4 heteroatoms. The fourth-order valence-electron chi connectivity index (χ4n) is 5.33. The SMILES string of the molecule is C=CC1(CC)c2ccccc2N2c3cncnc3N(C)C2C1(C)CC. The molecule has 3 unspecified atom stereocenters. The van der Waals surface area contributed by atoms with Crippen molar-refractivity contribution in [1.29, 1.82) is 0 Å². The Labute approximate surface area is 150 Å². The topological polar surface area (TPSA) is 32.3 Å². The first-order chi connectivity index (χ1) is 12.1.